The monoisotopic (exact) mass is 405 g/mol. The van der Waals surface area contributed by atoms with Crippen molar-refractivity contribution in [1.29, 1.82) is 0 Å². The quantitative estimate of drug-likeness (QED) is 0.751. The van der Waals surface area contributed by atoms with Gasteiger partial charge in [0.05, 0.1) is 24.8 Å². The van der Waals surface area contributed by atoms with Crippen LogP contribution in [0.3, 0.4) is 0 Å². The van der Waals surface area contributed by atoms with Crippen LogP contribution in [0.5, 0.6) is 0 Å². The molecule has 1 aromatic heterocycles. The highest BCUT2D eigenvalue weighted by Crippen LogP contribution is 2.36. The van der Waals surface area contributed by atoms with Crippen LogP contribution in [0, 0.1) is 31.6 Å². The van der Waals surface area contributed by atoms with E-state index < -0.39 is 0 Å². The molecule has 0 aromatic carbocycles. The molecule has 0 saturated carbocycles. The number of likely N-dealkylation sites (tertiary alicyclic amines) is 1. The highest BCUT2D eigenvalue weighted by Gasteiger charge is 2.41. The summed E-state index contributed by atoms with van der Waals surface area (Å²) in [6, 6.07) is 0. The third kappa shape index (κ3) is 5.19. The summed E-state index contributed by atoms with van der Waals surface area (Å²) < 4.78 is 16.8. The van der Waals surface area contributed by atoms with Crippen molar-refractivity contribution in [1.82, 2.24) is 15.4 Å². The lowest BCUT2D eigenvalue weighted by atomic mass is 9.83. The number of hydrogen-bond acceptors (Lipinski definition) is 6. The Kier molecular flexibility index (Phi) is 6.88. The second kappa shape index (κ2) is 9.58. The second-order valence-corrected chi connectivity index (χ2v) is 9.02. The largest absolute Gasteiger partial charge is 0.381 e. The van der Waals surface area contributed by atoms with Gasteiger partial charge >= 0.3 is 0 Å². The molecule has 0 aliphatic carbocycles. The summed E-state index contributed by atoms with van der Waals surface area (Å²) in [5.74, 6) is 2.77. The lowest BCUT2D eigenvalue weighted by Gasteiger charge is -2.35. The first-order chi connectivity index (χ1) is 14.1. The maximum Gasteiger partial charge on any atom is 0.222 e. The van der Waals surface area contributed by atoms with E-state index in [2.05, 4.69) is 15.4 Å². The fourth-order valence-corrected chi connectivity index (χ4v) is 5.17. The summed E-state index contributed by atoms with van der Waals surface area (Å²) >= 11 is 0. The van der Waals surface area contributed by atoms with Gasteiger partial charge in [0.25, 0.3) is 0 Å². The van der Waals surface area contributed by atoms with Crippen molar-refractivity contribution >= 4 is 5.91 Å². The van der Waals surface area contributed by atoms with Gasteiger partial charge in [-0.1, -0.05) is 5.16 Å². The van der Waals surface area contributed by atoms with Gasteiger partial charge in [-0.05, 0) is 57.9 Å². The van der Waals surface area contributed by atoms with Crippen LogP contribution in [-0.4, -0.2) is 61.5 Å². The van der Waals surface area contributed by atoms with Crippen LogP contribution in [-0.2, 0) is 20.8 Å². The molecular formula is C22H35N3O4. The van der Waals surface area contributed by atoms with Crippen molar-refractivity contribution in [3.63, 3.8) is 0 Å². The Morgan fingerprint density at radius 3 is 2.83 bits per heavy atom. The molecule has 1 N–H and O–H groups in total. The van der Waals surface area contributed by atoms with E-state index in [4.69, 9.17) is 14.0 Å². The molecule has 0 unspecified atom stereocenters. The average Bonchev–Trinajstić information content (AvgIpc) is 3.26. The van der Waals surface area contributed by atoms with Crippen molar-refractivity contribution in [3.05, 3.63) is 17.0 Å². The van der Waals surface area contributed by atoms with Gasteiger partial charge in [-0.25, -0.2) is 0 Å². The van der Waals surface area contributed by atoms with E-state index in [9.17, 15) is 4.79 Å². The van der Waals surface area contributed by atoms with Crippen molar-refractivity contribution in [2.45, 2.75) is 58.6 Å². The highest BCUT2D eigenvalue weighted by atomic mass is 16.5. The van der Waals surface area contributed by atoms with Crippen molar-refractivity contribution in [2.75, 3.05) is 39.5 Å². The zero-order chi connectivity index (χ0) is 20.2. The second-order valence-electron chi connectivity index (χ2n) is 9.02. The Morgan fingerprint density at radius 1 is 1.24 bits per heavy atom. The molecular weight excluding hydrogens is 370 g/mol. The first kappa shape index (κ1) is 20.8. The predicted octanol–water partition coefficient (Wildman–Crippen LogP) is 2.45. The lowest BCUT2D eigenvalue weighted by molar-refractivity contribution is -0.123. The Morgan fingerprint density at radius 2 is 2.07 bits per heavy atom. The van der Waals surface area contributed by atoms with E-state index in [1.165, 1.54) is 5.56 Å². The molecule has 4 heterocycles. The standard InChI is InChI=1S/C22H35N3O4/c1-15-20(16(2)29-24-15)13-25-8-4-19-18(12-25)14-28-21(19)11-22(26)23-7-3-17-5-9-27-10-6-17/h17-19,21H,3-14H2,1-2H3,(H,23,26)/t18-,19-,21+/m1/s1. The zero-order valence-electron chi connectivity index (χ0n) is 17.8. The summed E-state index contributed by atoms with van der Waals surface area (Å²) in [6.07, 6.45) is 4.96. The van der Waals surface area contributed by atoms with Gasteiger partial charge in [0.2, 0.25) is 5.91 Å². The zero-order valence-corrected chi connectivity index (χ0v) is 17.8. The number of nitrogens with zero attached hydrogens (tertiary/aromatic N) is 2. The van der Waals surface area contributed by atoms with E-state index in [0.29, 0.717) is 24.2 Å². The molecule has 0 spiro atoms. The molecule has 4 rings (SSSR count). The molecule has 7 heteroatoms. The summed E-state index contributed by atoms with van der Waals surface area (Å²) in [5, 5.41) is 7.19. The number of fused-ring (bicyclic) bond motifs is 1. The van der Waals surface area contributed by atoms with Gasteiger partial charge in [-0.15, -0.1) is 0 Å². The molecule has 3 aliphatic heterocycles. The molecule has 3 saturated heterocycles. The number of nitrogens with one attached hydrogen (secondary N) is 1. The van der Waals surface area contributed by atoms with E-state index in [-0.39, 0.29) is 12.0 Å². The van der Waals surface area contributed by atoms with Crippen molar-refractivity contribution < 1.29 is 18.8 Å². The maximum atomic E-state index is 12.4. The molecule has 162 valence electrons. The Labute approximate surface area is 173 Å². The van der Waals surface area contributed by atoms with Crippen molar-refractivity contribution in [2.24, 2.45) is 17.8 Å². The van der Waals surface area contributed by atoms with Crippen LogP contribution in [0.1, 0.15) is 49.1 Å². The molecule has 1 amide bonds. The number of ether oxygens (including phenoxy) is 2. The summed E-state index contributed by atoms with van der Waals surface area (Å²) in [6.45, 7) is 10.2. The van der Waals surface area contributed by atoms with Gasteiger partial charge in [0, 0.05) is 44.3 Å². The van der Waals surface area contributed by atoms with E-state index in [1.807, 2.05) is 13.8 Å². The van der Waals surface area contributed by atoms with Gasteiger partial charge < -0.3 is 19.3 Å². The van der Waals surface area contributed by atoms with Gasteiger partial charge in [0.15, 0.2) is 0 Å². The summed E-state index contributed by atoms with van der Waals surface area (Å²) in [7, 11) is 0. The predicted molar refractivity (Wildman–Crippen MR) is 108 cm³/mol. The van der Waals surface area contributed by atoms with Crippen molar-refractivity contribution in [3.8, 4) is 0 Å². The van der Waals surface area contributed by atoms with Gasteiger partial charge in [0.1, 0.15) is 5.76 Å². The average molecular weight is 406 g/mol. The topological polar surface area (TPSA) is 76.8 Å². The number of carbonyl (C=O) groups is 1. The molecule has 29 heavy (non-hydrogen) atoms. The fraction of sp³-hybridized carbons (Fsp3) is 0.818. The molecule has 7 nitrogen and oxygen atoms in total. The van der Waals surface area contributed by atoms with Crippen LogP contribution in [0.15, 0.2) is 4.52 Å². The van der Waals surface area contributed by atoms with Crippen LogP contribution in [0.25, 0.3) is 0 Å². The SMILES string of the molecule is Cc1noc(C)c1CN1CC[C@@H]2[C@@H](CO[C@H]2CC(=O)NCCC2CCOCC2)C1. The molecule has 0 radical (unpaired) electrons. The fourth-order valence-electron chi connectivity index (χ4n) is 5.17. The molecule has 3 atom stereocenters. The number of amides is 1. The summed E-state index contributed by atoms with van der Waals surface area (Å²) in [5.41, 5.74) is 2.20. The van der Waals surface area contributed by atoms with E-state index in [1.54, 1.807) is 0 Å². The molecule has 3 fully saturated rings. The third-order valence-corrected chi connectivity index (χ3v) is 7.04. The van der Waals surface area contributed by atoms with E-state index in [0.717, 1.165) is 83.1 Å². The minimum Gasteiger partial charge on any atom is -0.381 e. The van der Waals surface area contributed by atoms with E-state index >= 15 is 0 Å². The smallest absolute Gasteiger partial charge is 0.222 e. The third-order valence-electron chi connectivity index (χ3n) is 7.04. The number of aromatic nitrogens is 1. The molecule has 0 bridgehead atoms. The van der Waals surface area contributed by atoms with Gasteiger partial charge in [-0.3, -0.25) is 9.69 Å². The molecule has 3 aliphatic rings. The summed E-state index contributed by atoms with van der Waals surface area (Å²) in [4.78, 5) is 14.9. The first-order valence-electron chi connectivity index (χ1n) is 11.2. The van der Waals surface area contributed by atoms with Crippen LogP contribution < -0.4 is 5.32 Å². The van der Waals surface area contributed by atoms with Crippen LogP contribution >= 0.6 is 0 Å². The number of piperidine rings is 1. The minimum atomic E-state index is 0.0734. The highest BCUT2D eigenvalue weighted by molar-refractivity contribution is 5.76. The number of aryl methyl sites for hydroxylation is 2. The lowest BCUT2D eigenvalue weighted by Crippen LogP contribution is -2.42. The Hall–Kier alpha value is -1.44. The van der Waals surface area contributed by atoms with Gasteiger partial charge in [-0.2, -0.15) is 0 Å². The first-order valence-corrected chi connectivity index (χ1v) is 11.2. The number of hydrogen-bond donors (Lipinski definition) is 1. The van der Waals surface area contributed by atoms with Crippen LogP contribution in [0.4, 0.5) is 0 Å². The number of rotatable bonds is 7. The van der Waals surface area contributed by atoms with Crippen LogP contribution in [0.2, 0.25) is 0 Å². The Balaban J connectivity index is 1.19. The molecule has 1 aromatic rings. The number of carbonyl (C=O) groups excluding carboxylic acids is 1. The minimum absolute atomic E-state index is 0.0734. The maximum absolute atomic E-state index is 12.4. The normalized spacial score (nSPS) is 28.4. The Bertz CT molecular complexity index is 666.